The highest BCUT2D eigenvalue weighted by Crippen LogP contribution is 2.18. The van der Waals surface area contributed by atoms with Gasteiger partial charge in [-0.05, 0) is 24.6 Å². The third-order valence-electron chi connectivity index (χ3n) is 1.96. The summed E-state index contributed by atoms with van der Waals surface area (Å²) >= 11 is 3.09. The number of hydrogen-bond acceptors (Lipinski definition) is 3. The fraction of sp³-hybridized carbons (Fsp3) is 0.200. The molecule has 0 saturated carbocycles. The van der Waals surface area contributed by atoms with Gasteiger partial charge in [-0.15, -0.1) is 0 Å². The molecule has 0 atom stereocenters. The number of sulfonamides is 1. The van der Waals surface area contributed by atoms with Gasteiger partial charge in [0, 0.05) is 16.7 Å². The van der Waals surface area contributed by atoms with E-state index in [9.17, 15) is 8.42 Å². The lowest BCUT2D eigenvalue weighted by molar-refractivity contribution is 0.585. The van der Waals surface area contributed by atoms with Crippen molar-refractivity contribution in [2.45, 2.75) is 11.8 Å². The standard InChI is InChI=1S/C10H13BrN2O2S/c1-7-3-4-9(12)5-10(7)16(14,15)13-6-8(2)11/h3-5,13H,2,6,12H2,1H3. The van der Waals surface area contributed by atoms with Crippen LogP contribution in [0.5, 0.6) is 0 Å². The monoisotopic (exact) mass is 304 g/mol. The lowest BCUT2D eigenvalue weighted by Crippen LogP contribution is -2.25. The molecule has 1 rings (SSSR count). The van der Waals surface area contributed by atoms with Crippen molar-refractivity contribution in [1.82, 2.24) is 4.72 Å². The minimum atomic E-state index is -3.53. The van der Waals surface area contributed by atoms with E-state index >= 15 is 0 Å². The van der Waals surface area contributed by atoms with Crippen molar-refractivity contribution in [1.29, 1.82) is 0 Å². The van der Waals surface area contributed by atoms with Crippen molar-refractivity contribution in [3.63, 3.8) is 0 Å². The first-order chi connectivity index (χ1) is 7.33. The molecule has 88 valence electrons. The van der Waals surface area contributed by atoms with Gasteiger partial charge >= 0.3 is 0 Å². The third-order valence-corrected chi connectivity index (χ3v) is 3.78. The molecule has 0 aliphatic carbocycles. The van der Waals surface area contributed by atoms with Crippen LogP contribution in [0.2, 0.25) is 0 Å². The SMILES string of the molecule is C=C(Br)CNS(=O)(=O)c1cc(N)ccc1C. The van der Waals surface area contributed by atoms with E-state index in [4.69, 9.17) is 5.73 Å². The number of nitrogens with one attached hydrogen (secondary N) is 1. The van der Waals surface area contributed by atoms with E-state index in [0.29, 0.717) is 15.7 Å². The predicted molar refractivity (Wildman–Crippen MR) is 68.8 cm³/mol. The van der Waals surface area contributed by atoms with Crippen LogP contribution in [0, 0.1) is 6.92 Å². The molecule has 4 nitrogen and oxygen atoms in total. The van der Waals surface area contributed by atoms with Crippen molar-refractivity contribution < 1.29 is 8.42 Å². The summed E-state index contributed by atoms with van der Waals surface area (Å²) in [6.07, 6.45) is 0. The van der Waals surface area contributed by atoms with E-state index in [1.54, 1.807) is 19.1 Å². The molecule has 0 fully saturated rings. The molecule has 0 saturated heterocycles. The van der Waals surface area contributed by atoms with Gasteiger partial charge in [-0.2, -0.15) is 0 Å². The number of hydrogen-bond donors (Lipinski definition) is 2. The van der Waals surface area contributed by atoms with E-state index in [2.05, 4.69) is 27.2 Å². The van der Waals surface area contributed by atoms with Crippen LogP contribution in [0.15, 0.2) is 34.2 Å². The van der Waals surface area contributed by atoms with Crippen LogP contribution in [-0.4, -0.2) is 15.0 Å². The first-order valence-corrected chi connectivity index (χ1v) is 6.79. The molecular formula is C10H13BrN2O2S. The van der Waals surface area contributed by atoms with E-state index in [0.717, 1.165) is 0 Å². The summed E-state index contributed by atoms with van der Waals surface area (Å²) in [5, 5.41) is 0. The number of nitrogen functional groups attached to an aromatic ring is 1. The normalized spacial score (nSPS) is 11.4. The molecule has 6 heteroatoms. The quantitative estimate of drug-likeness (QED) is 0.833. The molecular weight excluding hydrogens is 292 g/mol. The van der Waals surface area contributed by atoms with Crippen molar-refractivity contribution in [3.05, 3.63) is 34.8 Å². The summed E-state index contributed by atoms with van der Waals surface area (Å²) < 4.78 is 26.7. The van der Waals surface area contributed by atoms with E-state index < -0.39 is 10.0 Å². The Morgan fingerprint density at radius 1 is 1.56 bits per heavy atom. The summed E-state index contributed by atoms with van der Waals surface area (Å²) in [6.45, 7) is 5.43. The zero-order valence-electron chi connectivity index (χ0n) is 8.83. The van der Waals surface area contributed by atoms with E-state index in [-0.39, 0.29) is 11.4 Å². The number of benzene rings is 1. The highest BCUT2D eigenvalue weighted by Gasteiger charge is 2.16. The Balaban J connectivity index is 3.07. The Hall–Kier alpha value is -0.850. The lowest BCUT2D eigenvalue weighted by atomic mass is 10.2. The molecule has 0 spiro atoms. The van der Waals surface area contributed by atoms with Crippen molar-refractivity contribution in [3.8, 4) is 0 Å². The van der Waals surface area contributed by atoms with E-state index in [1.165, 1.54) is 6.07 Å². The largest absolute Gasteiger partial charge is 0.399 e. The lowest BCUT2D eigenvalue weighted by Gasteiger charge is -2.09. The van der Waals surface area contributed by atoms with Crippen molar-refractivity contribution in [2.75, 3.05) is 12.3 Å². The topological polar surface area (TPSA) is 72.2 Å². The Morgan fingerprint density at radius 2 is 2.19 bits per heavy atom. The number of aryl methyl sites for hydroxylation is 1. The number of rotatable bonds is 4. The van der Waals surface area contributed by atoms with Crippen molar-refractivity contribution >= 4 is 31.6 Å². The fourth-order valence-electron chi connectivity index (χ4n) is 1.16. The molecule has 0 aliphatic rings. The van der Waals surface area contributed by atoms with Gasteiger partial charge in [0.05, 0.1) is 4.90 Å². The van der Waals surface area contributed by atoms with Crippen LogP contribution in [0.1, 0.15) is 5.56 Å². The highest BCUT2D eigenvalue weighted by molar-refractivity contribution is 9.11. The highest BCUT2D eigenvalue weighted by atomic mass is 79.9. The van der Waals surface area contributed by atoms with Gasteiger partial charge in [-0.1, -0.05) is 28.6 Å². The van der Waals surface area contributed by atoms with Gasteiger partial charge in [-0.3, -0.25) is 0 Å². The van der Waals surface area contributed by atoms with Crippen LogP contribution < -0.4 is 10.5 Å². The first-order valence-electron chi connectivity index (χ1n) is 4.52. The number of nitrogens with two attached hydrogens (primary N) is 1. The maximum atomic E-state index is 11.9. The van der Waals surface area contributed by atoms with Gasteiger partial charge in [0.2, 0.25) is 10.0 Å². The molecule has 0 amide bonds. The molecule has 1 aromatic rings. The zero-order valence-corrected chi connectivity index (χ0v) is 11.2. The summed E-state index contributed by atoms with van der Waals surface area (Å²) in [5.41, 5.74) is 6.64. The third kappa shape index (κ3) is 3.33. The molecule has 0 radical (unpaired) electrons. The molecule has 1 aromatic carbocycles. The summed E-state index contributed by atoms with van der Waals surface area (Å²) in [4.78, 5) is 0.196. The fourth-order valence-corrected chi connectivity index (χ4v) is 2.79. The summed E-state index contributed by atoms with van der Waals surface area (Å²) in [7, 11) is -3.53. The summed E-state index contributed by atoms with van der Waals surface area (Å²) in [5.74, 6) is 0. The second-order valence-corrected chi connectivity index (χ2v) is 6.22. The van der Waals surface area contributed by atoms with Gasteiger partial charge < -0.3 is 5.73 Å². The zero-order chi connectivity index (χ0) is 12.3. The Kier molecular flexibility index (Phi) is 4.12. The number of halogens is 1. The Morgan fingerprint density at radius 3 is 2.75 bits per heavy atom. The average Bonchev–Trinajstić information content (AvgIpc) is 2.19. The minimum absolute atomic E-state index is 0.149. The molecule has 3 N–H and O–H groups in total. The van der Waals surface area contributed by atoms with Crippen LogP contribution in [0.4, 0.5) is 5.69 Å². The number of anilines is 1. The van der Waals surface area contributed by atoms with Crippen LogP contribution in [0.3, 0.4) is 0 Å². The predicted octanol–water partition coefficient (Wildman–Crippen LogP) is 1.76. The average molecular weight is 305 g/mol. The molecule has 0 bridgehead atoms. The van der Waals surface area contributed by atoms with Crippen LogP contribution in [0.25, 0.3) is 0 Å². The Bertz CT molecular complexity index is 512. The Labute approximate surface area is 104 Å². The van der Waals surface area contributed by atoms with Gasteiger partial charge in [-0.25, -0.2) is 13.1 Å². The second kappa shape index (κ2) is 4.99. The second-order valence-electron chi connectivity index (χ2n) is 3.37. The summed E-state index contributed by atoms with van der Waals surface area (Å²) in [6, 6.07) is 4.78. The molecule has 0 aromatic heterocycles. The molecule has 0 heterocycles. The smallest absolute Gasteiger partial charge is 0.241 e. The minimum Gasteiger partial charge on any atom is -0.399 e. The van der Waals surface area contributed by atoms with Crippen LogP contribution in [-0.2, 0) is 10.0 Å². The molecule has 0 unspecified atom stereocenters. The van der Waals surface area contributed by atoms with Gasteiger partial charge in [0.25, 0.3) is 0 Å². The maximum Gasteiger partial charge on any atom is 0.241 e. The molecule has 16 heavy (non-hydrogen) atoms. The molecule has 0 aliphatic heterocycles. The van der Waals surface area contributed by atoms with Crippen molar-refractivity contribution in [2.24, 2.45) is 0 Å². The maximum absolute atomic E-state index is 11.9. The van der Waals surface area contributed by atoms with Gasteiger partial charge in [0.15, 0.2) is 0 Å². The first kappa shape index (κ1) is 13.2. The van der Waals surface area contributed by atoms with Crippen LogP contribution >= 0.6 is 15.9 Å². The van der Waals surface area contributed by atoms with Gasteiger partial charge in [0.1, 0.15) is 0 Å². The van der Waals surface area contributed by atoms with E-state index in [1.807, 2.05) is 0 Å².